The number of hydrogen-bond acceptors (Lipinski definition) is 2. The van der Waals surface area contributed by atoms with E-state index >= 15 is 0 Å². The molecule has 0 aliphatic carbocycles. The molecule has 7 aromatic carbocycles. The van der Waals surface area contributed by atoms with E-state index in [-0.39, 0.29) is 0 Å². The minimum Gasteiger partial charge on any atom is -0.249 e. The van der Waals surface area contributed by atoms with E-state index in [0.29, 0.717) is 0 Å². The Morgan fingerprint density at radius 2 is 0.596 bits per heavy atom. The monoisotopic (exact) mass is 702 g/mol. The Bertz CT molecular complexity index is 2390. The van der Waals surface area contributed by atoms with Crippen LogP contribution < -0.4 is 0 Å². The van der Waals surface area contributed by atoms with Crippen molar-refractivity contribution in [1.82, 2.24) is 0 Å². The summed E-state index contributed by atoms with van der Waals surface area (Å²) in [4.78, 5) is 3.04. The molecule has 9 rings (SSSR count). The summed E-state index contributed by atoms with van der Waals surface area (Å²) in [6, 6.07) is 60.5. The number of fused-ring (bicyclic) bond motifs is 4. The number of hydrogen-bond donors (Lipinski definition) is 0. The second-order valence-corrected chi connectivity index (χ2v) is 15.7. The fourth-order valence-corrected chi connectivity index (χ4v) is 10.6. The standard InChI is InChI=1S/C48H30O2S2/c49-51-43-23-11-7-19-39(43)47(40-20-8-12-24-44(40)51,33-31-35-15-3-1-4-16-35)37-27-29-38(30-28-37)48(34-32-36-17-5-2-6-18-36)41-21-9-13-25-45(41)52(50)46-26-14-10-22-42(46)48/h1-30H. The molecule has 4 heteroatoms. The van der Waals surface area contributed by atoms with Crippen LogP contribution in [-0.4, -0.2) is 8.42 Å². The van der Waals surface area contributed by atoms with Gasteiger partial charge >= 0.3 is 0 Å². The molecule has 52 heavy (non-hydrogen) atoms. The van der Waals surface area contributed by atoms with Gasteiger partial charge in [0.1, 0.15) is 10.8 Å². The van der Waals surface area contributed by atoms with Gasteiger partial charge in [-0.15, -0.1) is 0 Å². The first-order valence-electron chi connectivity index (χ1n) is 17.1. The number of benzene rings is 7. The van der Waals surface area contributed by atoms with Crippen LogP contribution >= 0.6 is 0 Å². The smallest absolute Gasteiger partial charge is 0.109 e. The zero-order chi connectivity index (χ0) is 35.1. The quantitative estimate of drug-likeness (QED) is 0.168. The Hall–Kier alpha value is -6.04. The molecule has 2 nitrogen and oxygen atoms in total. The van der Waals surface area contributed by atoms with Gasteiger partial charge in [-0.2, -0.15) is 0 Å². The van der Waals surface area contributed by atoms with Crippen molar-refractivity contribution in [1.29, 1.82) is 0 Å². The van der Waals surface area contributed by atoms with Gasteiger partial charge in [-0.3, -0.25) is 0 Å². The molecule has 246 valence electrons. The SMILES string of the molecule is O=S1c2ccccc2C(C#Cc2ccccc2)(c2ccc(C3(C#Cc4ccccc4)c4ccccc4S(=O)c4ccccc43)cc2)c2ccccc21. The van der Waals surface area contributed by atoms with Crippen molar-refractivity contribution in [3.63, 3.8) is 0 Å². The van der Waals surface area contributed by atoms with Crippen molar-refractivity contribution in [3.8, 4) is 23.7 Å². The lowest BCUT2D eigenvalue weighted by molar-refractivity contribution is 0.663. The van der Waals surface area contributed by atoms with Crippen LogP contribution in [0.2, 0.25) is 0 Å². The summed E-state index contributed by atoms with van der Waals surface area (Å²) in [5, 5.41) is 0. The van der Waals surface area contributed by atoms with Crippen molar-refractivity contribution in [2.75, 3.05) is 0 Å². The van der Waals surface area contributed by atoms with Crippen LogP contribution in [0.3, 0.4) is 0 Å². The Morgan fingerprint density at radius 1 is 0.327 bits per heavy atom. The predicted octanol–water partition coefficient (Wildman–Crippen LogP) is 9.42. The first kappa shape index (κ1) is 31.9. The molecule has 0 bridgehead atoms. The summed E-state index contributed by atoms with van der Waals surface area (Å²) in [6.07, 6.45) is 0. The molecule has 0 aromatic heterocycles. The zero-order valence-corrected chi connectivity index (χ0v) is 29.6. The third-order valence-electron chi connectivity index (χ3n) is 10.1. The first-order chi connectivity index (χ1) is 25.6. The predicted molar refractivity (Wildman–Crippen MR) is 208 cm³/mol. The average molecular weight is 703 g/mol. The van der Waals surface area contributed by atoms with Crippen molar-refractivity contribution < 1.29 is 8.42 Å². The molecular formula is C48H30O2S2. The van der Waals surface area contributed by atoms with Crippen LogP contribution in [0.15, 0.2) is 202 Å². The van der Waals surface area contributed by atoms with Crippen LogP contribution in [0.5, 0.6) is 0 Å². The highest BCUT2D eigenvalue weighted by Gasteiger charge is 2.46. The fourth-order valence-electron chi connectivity index (χ4n) is 7.66. The average Bonchev–Trinajstić information content (AvgIpc) is 3.22. The molecule has 0 radical (unpaired) electrons. The fraction of sp³-hybridized carbons (Fsp3) is 0.0417. The maximum Gasteiger partial charge on any atom is 0.109 e. The normalized spacial score (nSPS) is 20.7. The maximum absolute atomic E-state index is 14.1. The van der Waals surface area contributed by atoms with Crippen molar-refractivity contribution in [2.45, 2.75) is 30.4 Å². The Labute approximate surface area is 309 Å². The summed E-state index contributed by atoms with van der Waals surface area (Å²) in [5.41, 5.74) is 5.53. The van der Waals surface area contributed by atoms with Gasteiger partial charge in [0.2, 0.25) is 0 Å². The van der Waals surface area contributed by atoms with Gasteiger partial charge in [0.05, 0.1) is 21.6 Å². The molecule has 0 saturated carbocycles. The van der Waals surface area contributed by atoms with Gasteiger partial charge < -0.3 is 0 Å². The highest BCUT2D eigenvalue weighted by Crippen LogP contribution is 2.51. The molecule has 2 aliphatic rings. The minimum absolute atomic E-state index is 0.760. The van der Waals surface area contributed by atoms with E-state index in [1.807, 2.05) is 133 Å². The molecule has 0 spiro atoms. The van der Waals surface area contributed by atoms with E-state index in [1.54, 1.807) is 0 Å². The van der Waals surface area contributed by atoms with Gasteiger partial charge in [-0.05, 0) is 81.9 Å². The van der Waals surface area contributed by atoms with E-state index in [0.717, 1.165) is 64.1 Å². The van der Waals surface area contributed by atoms with Gasteiger partial charge in [-0.25, -0.2) is 8.42 Å². The third-order valence-corrected chi connectivity index (χ3v) is 13.1. The molecule has 0 unspecified atom stereocenters. The van der Waals surface area contributed by atoms with Crippen molar-refractivity contribution in [3.05, 3.63) is 226 Å². The molecule has 0 atom stereocenters. The minimum atomic E-state index is -1.36. The number of rotatable bonds is 2. The maximum atomic E-state index is 14.1. The van der Waals surface area contributed by atoms with E-state index in [9.17, 15) is 8.42 Å². The second-order valence-electron chi connectivity index (χ2n) is 12.8. The largest absolute Gasteiger partial charge is 0.249 e. The molecule has 2 heterocycles. The van der Waals surface area contributed by atoms with E-state index in [2.05, 4.69) is 72.2 Å². The van der Waals surface area contributed by atoms with Crippen molar-refractivity contribution >= 4 is 21.6 Å². The van der Waals surface area contributed by atoms with Crippen LogP contribution in [0.25, 0.3) is 0 Å². The summed E-state index contributed by atoms with van der Waals surface area (Å²) in [5.74, 6) is 14.5. The molecule has 2 aliphatic heterocycles. The molecule has 0 fully saturated rings. The van der Waals surface area contributed by atoms with Crippen LogP contribution in [0.4, 0.5) is 0 Å². The Morgan fingerprint density at radius 3 is 0.904 bits per heavy atom. The molecular weight excluding hydrogens is 673 g/mol. The molecule has 0 amide bonds. The van der Waals surface area contributed by atoms with Gasteiger partial charge in [0.25, 0.3) is 0 Å². The van der Waals surface area contributed by atoms with Crippen LogP contribution in [0.1, 0.15) is 44.5 Å². The lowest BCUT2D eigenvalue weighted by Gasteiger charge is -2.39. The lowest BCUT2D eigenvalue weighted by atomic mass is 9.66. The van der Waals surface area contributed by atoms with Gasteiger partial charge in [-0.1, -0.05) is 157 Å². The Kier molecular flexibility index (Phi) is 7.94. The summed E-state index contributed by atoms with van der Waals surface area (Å²) < 4.78 is 28.2. The lowest BCUT2D eigenvalue weighted by Crippen LogP contribution is -2.35. The summed E-state index contributed by atoms with van der Waals surface area (Å²) >= 11 is 0. The molecule has 7 aromatic rings. The molecule has 0 N–H and O–H groups in total. The van der Waals surface area contributed by atoms with E-state index in [1.165, 1.54) is 0 Å². The molecule has 0 saturated heterocycles. The first-order valence-corrected chi connectivity index (χ1v) is 19.4. The van der Waals surface area contributed by atoms with Gasteiger partial charge in [0, 0.05) is 30.7 Å². The highest BCUT2D eigenvalue weighted by atomic mass is 32.2. The van der Waals surface area contributed by atoms with Crippen LogP contribution in [-0.2, 0) is 32.4 Å². The third kappa shape index (κ3) is 4.95. The van der Waals surface area contributed by atoms with Crippen LogP contribution in [0, 0.1) is 23.7 Å². The summed E-state index contributed by atoms with van der Waals surface area (Å²) in [7, 11) is -2.73. The topological polar surface area (TPSA) is 34.1 Å². The highest BCUT2D eigenvalue weighted by molar-refractivity contribution is 7.85. The van der Waals surface area contributed by atoms with Gasteiger partial charge in [0.15, 0.2) is 0 Å². The Balaban J connectivity index is 1.33. The van der Waals surface area contributed by atoms with E-state index in [4.69, 9.17) is 0 Å². The second kappa shape index (κ2) is 12.9. The summed E-state index contributed by atoms with van der Waals surface area (Å²) in [6.45, 7) is 0. The van der Waals surface area contributed by atoms with E-state index < -0.39 is 32.4 Å². The van der Waals surface area contributed by atoms with Crippen molar-refractivity contribution in [2.24, 2.45) is 0 Å². The zero-order valence-electron chi connectivity index (χ0n) is 28.0.